The molecule has 1 saturated heterocycles. The van der Waals surface area contributed by atoms with Crippen LogP contribution in [0, 0.1) is 0 Å². The number of piperazine rings is 1. The van der Waals surface area contributed by atoms with E-state index in [0.717, 1.165) is 41.5 Å². The number of benzene rings is 2. The second-order valence-corrected chi connectivity index (χ2v) is 6.68. The van der Waals surface area contributed by atoms with Gasteiger partial charge in [-0.05, 0) is 42.3 Å². The zero-order valence-electron chi connectivity index (χ0n) is 15.0. The van der Waals surface area contributed by atoms with Gasteiger partial charge in [0.1, 0.15) is 5.75 Å². The number of hydrogen-bond donors (Lipinski definition) is 1. The number of nitrogens with one attached hydrogen (secondary N) is 1. The highest BCUT2D eigenvalue weighted by Gasteiger charge is 2.21. The van der Waals surface area contributed by atoms with Gasteiger partial charge in [0.25, 0.3) is 0 Å². The van der Waals surface area contributed by atoms with Crippen molar-refractivity contribution in [3.8, 4) is 5.75 Å². The summed E-state index contributed by atoms with van der Waals surface area (Å²) in [5.74, 6) is 0.860. The van der Waals surface area contributed by atoms with Gasteiger partial charge in [-0.2, -0.15) is 0 Å². The van der Waals surface area contributed by atoms with Gasteiger partial charge in [-0.3, -0.25) is 0 Å². The molecule has 138 valence electrons. The van der Waals surface area contributed by atoms with Gasteiger partial charge in [0, 0.05) is 43.4 Å². The van der Waals surface area contributed by atoms with Crippen LogP contribution in [0.2, 0.25) is 5.02 Å². The highest BCUT2D eigenvalue weighted by Crippen LogP contribution is 2.20. The van der Waals surface area contributed by atoms with Crippen molar-refractivity contribution in [2.45, 2.75) is 6.42 Å². The molecule has 0 saturated carbocycles. The van der Waals surface area contributed by atoms with Gasteiger partial charge >= 0.3 is 6.03 Å². The minimum atomic E-state index is -0.00402. The number of amides is 2. The van der Waals surface area contributed by atoms with E-state index in [2.05, 4.69) is 10.2 Å². The first-order valence-corrected chi connectivity index (χ1v) is 9.20. The summed E-state index contributed by atoms with van der Waals surface area (Å²) in [6, 6.07) is 15.7. The third kappa shape index (κ3) is 4.61. The molecular formula is C20H24ClN3O2. The Morgan fingerprint density at radius 3 is 2.46 bits per heavy atom. The number of methoxy groups -OCH3 is 1. The average molecular weight is 374 g/mol. The number of rotatable bonds is 5. The van der Waals surface area contributed by atoms with Crippen LogP contribution in [0.4, 0.5) is 10.5 Å². The summed E-state index contributed by atoms with van der Waals surface area (Å²) in [6.45, 7) is 3.66. The number of urea groups is 1. The fourth-order valence-corrected chi connectivity index (χ4v) is 3.27. The Labute approximate surface area is 159 Å². The van der Waals surface area contributed by atoms with E-state index in [0.29, 0.717) is 19.6 Å². The van der Waals surface area contributed by atoms with Crippen molar-refractivity contribution in [2.75, 3.05) is 44.7 Å². The van der Waals surface area contributed by atoms with E-state index in [1.54, 1.807) is 7.11 Å². The predicted octanol–water partition coefficient (Wildman–Crippen LogP) is 3.42. The van der Waals surface area contributed by atoms with Crippen molar-refractivity contribution in [3.05, 3.63) is 59.1 Å². The maximum Gasteiger partial charge on any atom is 0.317 e. The highest BCUT2D eigenvalue weighted by atomic mass is 35.5. The molecule has 2 amide bonds. The number of ether oxygens (including phenoxy) is 1. The summed E-state index contributed by atoms with van der Waals surface area (Å²) in [7, 11) is 1.66. The van der Waals surface area contributed by atoms with E-state index in [9.17, 15) is 4.79 Å². The first-order chi connectivity index (χ1) is 12.7. The Bertz CT molecular complexity index is 728. The van der Waals surface area contributed by atoms with E-state index < -0.39 is 0 Å². The van der Waals surface area contributed by atoms with Crippen molar-refractivity contribution >= 4 is 23.3 Å². The average Bonchev–Trinajstić information content (AvgIpc) is 2.69. The van der Waals surface area contributed by atoms with Gasteiger partial charge in [0.15, 0.2) is 0 Å². The molecule has 3 rings (SSSR count). The Morgan fingerprint density at radius 1 is 1.08 bits per heavy atom. The van der Waals surface area contributed by atoms with E-state index in [1.807, 2.05) is 53.4 Å². The number of carbonyl (C=O) groups excluding carboxylic acids is 1. The van der Waals surface area contributed by atoms with Crippen LogP contribution in [0.1, 0.15) is 5.56 Å². The summed E-state index contributed by atoms with van der Waals surface area (Å²) in [6.07, 6.45) is 0.750. The van der Waals surface area contributed by atoms with E-state index in [1.165, 1.54) is 0 Å². The Balaban J connectivity index is 1.44. The quantitative estimate of drug-likeness (QED) is 0.873. The lowest BCUT2D eigenvalue weighted by Gasteiger charge is -2.36. The predicted molar refractivity (Wildman–Crippen MR) is 105 cm³/mol. The van der Waals surface area contributed by atoms with Crippen LogP contribution in [0.5, 0.6) is 5.75 Å². The van der Waals surface area contributed by atoms with Crippen LogP contribution in [-0.4, -0.2) is 50.8 Å². The summed E-state index contributed by atoms with van der Waals surface area (Å²) in [5.41, 5.74) is 2.24. The van der Waals surface area contributed by atoms with Gasteiger partial charge in [-0.25, -0.2) is 4.79 Å². The summed E-state index contributed by atoms with van der Waals surface area (Å²) in [4.78, 5) is 16.5. The fourth-order valence-electron chi connectivity index (χ4n) is 3.15. The fraction of sp³-hybridized carbons (Fsp3) is 0.350. The standard InChI is InChI=1S/C20H24ClN3O2/c1-26-19-5-3-2-4-16(19)10-11-22-20(25)24-14-12-23(13-15-24)18-8-6-17(21)7-9-18/h2-9H,10-15H2,1H3,(H,22,25). The molecule has 0 aromatic heterocycles. The molecule has 0 radical (unpaired) electrons. The molecular weight excluding hydrogens is 350 g/mol. The van der Waals surface area contributed by atoms with E-state index in [-0.39, 0.29) is 6.03 Å². The van der Waals surface area contributed by atoms with Gasteiger partial charge in [-0.1, -0.05) is 29.8 Å². The molecule has 26 heavy (non-hydrogen) atoms. The molecule has 2 aromatic rings. The maximum atomic E-state index is 12.4. The van der Waals surface area contributed by atoms with Crippen molar-refractivity contribution in [3.63, 3.8) is 0 Å². The minimum Gasteiger partial charge on any atom is -0.496 e. The molecule has 0 unspecified atom stereocenters. The smallest absolute Gasteiger partial charge is 0.317 e. The van der Waals surface area contributed by atoms with Gasteiger partial charge < -0.3 is 19.9 Å². The Hall–Kier alpha value is -2.40. The molecule has 5 nitrogen and oxygen atoms in total. The second-order valence-electron chi connectivity index (χ2n) is 6.24. The summed E-state index contributed by atoms with van der Waals surface area (Å²) in [5, 5.41) is 3.75. The molecule has 2 aromatic carbocycles. The number of anilines is 1. The molecule has 1 heterocycles. The number of halogens is 1. The Morgan fingerprint density at radius 2 is 1.77 bits per heavy atom. The molecule has 0 bridgehead atoms. The number of carbonyl (C=O) groups is 1. The number of para-hydroxylation sites is 1. The number of nitrogens with zero attached hydrogens (tertiary/aromatic N) is 2. The first kappa shape index (κ1) is 18.4. The molecule has 1 aliphatic heterocycles. The van der Waals surface area contributed by atoms with Crippen LogP contribution in [0.15, 0.2) is 48.5 Å². The van der Waals surface area contributed by atoms with Crippen LogP contribution < -0.4 is 15.0 Å². The SMILES string of the molecule is COc1ccccc1CCNC(=O)N1CCN(c2ccc(Cl)cc2)CC1. The minimum absolute atomic E-state index is 0.00402. The van der Waals surface area contributed by atoms with Crippen LogP contribution >= 0.6 is 11.6 Å². The van der Waals surface area contributed by atoms with E-state index >= 15 is 0 Å². The van der Waals surface area contributed by atoms with Gasteiger partial charge in [0.2, 0.25) is 0 Å². The molecule has 0 spiro atoms. The molecule has 1 fully saturated rings. The largest absolute Gasteiger partial charge is 0.496 e. The van der Waals surface area contributed by atoms with Crippen molar-refractivity contribution in [1.82, 2.24) is 10.2 Å². The molecule has 0 atom stereocenters. The van der Waals surface area contributed by atoms with E-state index in [4.69, 9.17) is 16.3 Å². The lowest BCUT2D eigenvalue weighted by molar-refractivity contribution is 0.194. The topological polar surface area (TPSA) is 44.8 Å². The monoisotopic (exact) mass is 373 g/mol. The van der Waals surface area contributed by atoms with Crippen molar-refractivity contribution < 1.29 is 9.53 Å². The van der Waals surface area contributed by atoms with Crippen molar-refractivity contribution in [1.29, 1.82) is 0 Å². The lowest BCUT2D eigenvalue weighted by atomic mass is 10.1. The summed E-state index contributed by atoms with van der Waals surface area (Å²) < 4.78 is 5.34. The maximum absolute atomic E-state index is 12.4. The zero-order valence-corrected chi connectivity index (χ0v) is 15.7. The summed E-state index contributed by atoms with van der Waals surface area (Å²) >= 11 is 5.94. The molecule has 1 aliphatic rings. The molecule has 1 N–H and O–H groups in total. The lowest BCUT2D eigenvalue weighted by Crippen LogP contribution is -2.52. The van der Waals surface area contributed by atoms with Crippen LogP contribution in [-0.2, 0) is 6.42 Å². The normalized spacial score (nSPS) is 14.2. The highest BCUT2D eigenvalue weighted by molar-refractivity contribution is 6.30. The van der Waals surface area contributed by atoms with Crippen molar-refractivity contribution in [2.24, 2.45) is 0 Å². The Kier molecular flexibility index (Phi) is 6.23. The number of hydrogen-bond acceptors (Lipinski definition) is 3. The molecule has 6 heteroatoms. The third-order valence-electron chi connectivity index (χ3n) is 4.62. The second kappa shape index (κ2) is 8.81. The third-order valence-corrected chi connectivity index (χ3v) is 4.87. The van der Waals surface area contributed by atoms with Crippen LogP contribution in [0.25, 0.3) is 0 Å². The van der Waals surface area contributed by atoms with Gasteiger partial charge in [-0.15, -0.1) is 0 Å². The van der Waals surface area contributed by atoms with Gasteiger partial charge in [0.05, 0.1) is 7.11 Å². The first-order valence-electron chi connectivity index (χ1n) is 8.82. The molecule has 0 aliphatic carbocycles. The zero-order chi connectivity index (χ0) is 18.4. The van der Waals surface area contributed by atoms with Crippen LogP contribution in [0.3, 0.4) is 0 Å².